The van der Waals surface area contributed by atoms with Crippen molar-refractivity contribution in [2.24, 2.45) is 0 Å². The van der Waals surface area contributed by atoms with E-state index in [4.69, 9.17) is 9.15 Å². The molecule has 1 fully saturated rings. The first-order valence-electron chi connectivity index (χ1n) is 8.28. The highest BCUT2D eigenvalue weighted by molar-refractivity contribution is 5.22. The van der Waals surface area contributed by atoms with Crippen LogP contribution in [-0.4, -0.2) is 34.8 Å². The maximum absolute atomic E-state index is 5.67. The summed E-state index contributed by atoms with van der Waals surface area (Å²) in [5.74, 6) is 1.77. The second-order valence-corrected chi connectivity index (χ2v) is 6.37. The first kappa shape index (κ1) is 16.1. The molecular formula is C18H25N3O2. The molecule has 2 heterocycles. The monoisotopic (exact) mass is 315 g/mol. The van der Waals surface area contributed by atoms with E-state index in [1.165, 1.54) is 11.1 Å². The molecular weight excluding hydrogens is 290 g/mol. The van der Waals surface area contributed by atoms with Gasteiger partial charge < -0.3 is 9.15 Å². The van der Waals surface area contributed by atoms with Crippen LogP contribution >= 0.6 is 0 Å². The van der Waals surface area contributed by atoms with Gasteiger partial charge >= 0.3 is 0 Å². The highest BCUT2D eigenvalue weighted by Gasteiger charge is 2.32. The second kappa shape index (κ2) is 7.23. The molecule has 1 saturated heterocycles. The number of rotatable bonds is 5. The molecule has 3 rings (SSSR count). The van der Waals surface area contributed by atoms with Crippen molar-refractivity contribution in [3.8, 4) is 0 Å². The van der Waals surface area contributed by atoms with E-state index >= 15 is 0 Å². The van der Waals surface area contributed by atoms with Crippen LogP contribution in [0.15, 0.2) is 28.7 Å². The summed E-state index contributed by atoms with van der Waals surface area (Å²) in [7, 11) is 1.72. The quantitative estimate of drug-likeness (QED) is 0.847. The predicted octanol–water partition coefficient (Wildman–Crippen LogP) is 3.29. The van der Waals surface area contributed by atoms with E-state index in [0.717, 1.165) is 31.8 Å². The van der Waals surface area contributed by atoms with E-state index in [2.05, 4.69) is 46.3 Å². The number of nitrogens with zero attached hydrogens (tertiary/aromatic N) is 3. The summed E-state index contributed by atoms with van der Waals surface area (Å²) in [6.07, 6.45) is 2.28. The Morgan fingerprint density at radius 3 is 2.61 bits per heavy atom. The average molecular weight is 315 g/mol. The van der Waals surface area contributed by atoms with Crippen LogP contribution in [0.4, 0.5) is 0 Å². The number of ether oxygens (including phenoxy) is 1. The van der Waals surface area contributed by atoms with Crippen molar-refractivity contribution in [3.05, 3.63) is 47.2 Å². The first-order valence-corrected chi connectivity index (χ1v) is 8.28. The van der Waals surface area contributed by atoms with Gasteiger partial charge in [-0.1, -0.05) is 24.3 Å². The number of hydrogen-bond acceptors (Lipinski definition) is 5. The van der Waals surface area contributed by atoms with Crippen molar-refractivity contribution < 1.29 is 9.15 Å². The molecule has 0 aliphatic carbocycles. The van der Waals surface area contributed by atoms with Crippen LogP contribution in [0.5, 0.6) is 0 Å². The predicted molar refractivity (Wildman–Crippen MR) is 88.0 cm³/mol. The van der Waals surface area contributed by atoms with E-state index < -0.39 is 0 Å². The van der Waals surface area contributed by atoms with Crippen LogP contribution in [0.3, 0.4) is 0 Å². The SMILES string of the molecule is COCc1ccc(CN2CCC[C@H](c3nnc(C)o3)[C@@H]2C)cc1. The van der Waals surface area contributed by atoms with Gasteiger partial charge in [-0.3, -0.25) is 4.90 Å². The normalized spacial score (nSPS) is 22.4. The molecule has 0 N–H and O–H groups in total. The van der Waals surface area contributed by atoms with Gasteiger partial charge in [0.2, 0.25) is 11.8 Å². The molecule has 1 aliphatic heterocycles. The number of benzene rings is 1. The largest absolute Gasteiger partial charge is 0.425 e. The standard InChI is InChI=1S/C18H25N3O2/c1-13-17(18-20-19-14(2)23-18)5-4-10-21(13)11-15-6-8-16(9-7-15)12-22-3/h6-9,13,17H,4-5,10-12H2,1-3H3/t13-,17-/m0/s1. The Hall–Kier alpha value is -1.72. The van der Waals surface area contributed by atoms with Crippen molar-refractivity contribution in [2.45, 2.75) is 51.8 Å². The summed E-state index contributed by atoms with van der Waals surface area (Å²) in [6, 6.07) is 9.09. The van der Waals surface area contributed by atoms with Gasteiger partial charge in [-0.2, -0.15) is 0 Å². The minimum Gasteiger partial charge on any atom is -0.425 e. The fourth-order valence-electron chi connectivity index (χ4n) is 3.37. The van der Waals surface area contributed by atoms with Crippen molar-refractivity contribution in [3.63, 3.8) is 0 Å². The Labute approximate surface area is 137 Å². The minimum atomic E-state index is 0.331. The maximum atomic E-state index is 5.67. The summed E-state index contributed by atoms with van der Waals surface area (Å²) < 4.78 is 10.8. The number of aromatic nitrogens is 2. The molecule has 0 saturated carbocycles. The number of aryl methyl sites for hydroxylation is 1. The molecule has 1 aromatic heterocycles. The molecule has 5 heteroatoms. The zero-order chi connectivity index (χ0) is 16.2. The van der Waals surface area contributed by atoms with E-state index in [9.17, 15) is 0 Å². The molecule has 0 amide bonds. The molecule has 124 valence electrons. The van der Waals surface area contributed by atoms with Crippen LogP contribution < -0.4 is 0 Å². The van der Waals surface area contributed by atoms with Crippen LogP contribution in [0, 0.1) is 6.92 Å². The smallest absolute Gasteiger partial charge is 0.221 e. The lowest BCUT2D eigenvalue weighted by Crippen LogP contribution is -2.41. The lowest BCUT2D eigenvalue weighted by atomic mass is 9.89. The summed E-state index contributed by atoms with van der Waals surface area (Å²) in [6.45, 7) is 6.85. The molecule has 0 bridgehead atoms. The topological polar surface area (TPSA) is 51.4 Å². The minimum absolute atomic E-state index is 0.331. The van der Waals surface area contributed by atoms with Crippen LogP contribution in [0.1, 0.15) is 48.6 Å². The molecule has 0 radical (unpaired) electrons. The van der Waals surface area contributed by atoms with Crippen molar-refractivity contribution in [1.29, 1.82) is 0 Å². The van der Waals surface area contributed by atoms with Crippen molar-refractivity contribution in [1.82, 2.24) is 15.1 Å². The second-order valence-electron chi connectivity index (χ2n) is 6.37. The zero-order valence-electron chi connectivity index (χ0n) is 14.2. The number of methoxy groups -OCH3 is 1. The van der Waals surface area contributed by atoms with Gasteiger partial charge in [0.1, 0.15) is 0 Å². The Kier molecular flexibility index (Phi) is 5.08. The van der Waals surface area contributed by atoms with Crippen molar-refractivity contribution in [2.75, 3.05) is 13.7 Å². The summed E-state index contributed by atoms with van der Waals surface area (Å²) in [5.41, 5.74) is 2.54. The van der Waals surface area contributed by atoms with Gasteiger partial charge in [0.15, 0.2) is 0 Å². The van der Waals surface area contributed by atoms with E-state index in [1.807, 2.05) is 6.92 Å². The Bertz CT molecular complexity index is 623. The lowest BCUT2D eigenvalue weighted by Gasteiger charge is -2.37. The van der Waals surface area contributed by atoms with Gasteiger partial charge in [0, 0.05) is 26.6 Å². The van der Waals surface area contributed by atoms with Crippen LogP contribution in [-0.2, 0) is 17.9 Å². The first-order chi connectivity index (χ1) is 11.2. The average Bonchev–Trinajstić information content (AvgIpc) is 2.98. The Morgan fingerprint density at radius 1 is 1.22 bits per heavy atom. The van der Waals surface area contributed by atoms with Gasteiger partial charge in [-0.25, -0.2) is 0 Å². The third kappa shape index (κ3) is 3.79. The molecule has 1 aliphatic rings. The fraction of sp³-hybridized carbons (Fsp3) is 0.556. The molecule has 0 unspecified atom stereocenters. The fourth-order valence-corrected chi connectivity index (χ4v) is 3.37. The zero-order valence-corrected chi connectivity index (χ0v) is 14.2. The van der Waals surface area contributed by atoms with E-state index in [0.29, 0.717) is 24.5 Å². The number of piperidine rings is 1. The lowest BCUT2D eigenvalue weighted by molar-refractivity contribution is 0.118. The summed E-state index contributed by atoms with van der Waals surface area (Å²) in [5, 5.41) is 8.22. The molecule has 23 heavy (non-hydrogen) atoms. The molecule has 1 aromatic carbocycles. The Morgan fingerprint density at radius 2 is 1.96 bits per heavy atom. The molecule has 0 spiro atoms. The van der Waals surface area contributed by atoms with Gasteiger partial charge in [-0.05, 0) is 37.4 Å². The third-order valence-electron chi connectivity index (χ3n) is 4.70. The number of hydrogen-bond donors (Lipinski definition) is 0. The van der Waals surface area contributed by atoms with E-state index in [1.54, 1.807) is 7.11 Å². The maximum Gasteiger partial charge on any atom is 0.221 e. The summed E-state index contributed by atoms with van der Waals surface area (Å²) in [4.78, 5) is 2.51. The number of likely N-dealkylation sites (tertiary alicyclic amines) is 1. The van der Waals surface area contributed by atoms with Crippen LogP contribution in [0.25, 0.3) is 0 Å². The molecule has 2 atom stereocenters. The highest BCUT2D eigenvalue weighted by Crippen LogP contribution is 2.32. The third-order valence-corrected chi connectivity index (χ3v) is 4.70. The van der Waals surface area contributed by atoms with Crippen LogP contribution in [0.2, 0.25) is 0 Å². The van der Waals surface area contributed by atoms with Gasteiger partial charge in [0.05, 0.1) is 12.5 Å². The summed E-state index contributed by atoms with van der Waals surface area (Å²) >= 11 is 0. The van der Waals surface area contributed by atoms with Crippen molar-refractivity contribution >= 4 is 0 Å². The Balaban J connectivity index is 1.67. The molecule has 5 nitrogen and oxygen atoms in total. The van der Waals surface area contributed by atoms with Gasteiger partial charge in [0.25, 0.3) is 0 Å². The van der Waals surface area contributed by atoms with Gasteiger partial charge in [-0.15, -0.1) is 10.2 Å². The molecule has 2 aromatic rings. The van der Waals surface area contributed by atoms with E-state index in [-0.39, 0.29) is 0 Å². The highest BCUT2D eigenvalue weighted by atomic mass is 16.5.